The number of aromatic nitrogens is 2. The third-order valence-corrected chi connectivity index (χ3v) is 4.91. The highest BCUT2D eigenvalue weighted by molar-refractivity contribution is 9.10. The summed E-state index contributed by atoms with van der Waals surface area (Å²) in [6.07, 6.45) is 0.837. The number of rotatable bonds is 8. The second-order valence-electron chi connectivity index (χ2n) is 6.65. The molecular weight excluding hydrogens is 468 g/mol. The first-order valence-electron chi connectivity index (χ1n) is 9.47. The van der Waals surface area contributed by atoms with E-state index < -0.39 is 4.92 Å². The molecule has 1 heterocycles. The van der Waals surface area contributed by atoms with Gasteiger partial charge in [0.25, 0.3) is 11.6 Å². The number of aryl methyl sites for hydroxylation is 1. The predicted molar refractivity (Wildman–Crippen MR) is 119 cm³/mol. The van der Waals surface area contributed by atoms with Crippen LogP contribution < -0.4 is 14.8 Å². The van der Waals surface area contributed by atoms with Crippen LogP contribution in [0.5, 0.6) is 11.5 Å². The minimum Gasteiger partial charge on any atom is -0.493 e. The molecule has 0 aliphatic heterocycles. The number of hydrogen-bond donors (Lipinski definition) is 1. The van der Waals surface area contributed by atoms with Crippen LogP contribution in [0.4, 0.5) is 11.5 Å². The third kappa shape index (κ3) is 5.02. The smallest absolute Gasteiger partial charge is 0.269 e. The molecule has 0 spiro atoms. The number of carbonyl (C=O) groups excluding carboxylic acids is 1. The lowest BCUT2D eigenvalue weighted by atomic mass is 10.2. The number of benzene rings is 2. The maximum atomic E-state index is 12.9. The molecule has 162 valence electrons. The Kier molecular flexibility index (Phi) is 6.91. The van der Waals surface area contributed by atoms with Crippen LogP contribution in [0, 0.1) is 17.0 Å². The highest BCUT2D eigenvalue weighted by atomic mass is 79.9. The number of nitro groups is 1. The Balaban J connectivity index is 1.89. The van der Waals surface area contributed by atoms with E-state index >= 15 is 0 Å². The number of non-ortho nitro benzene ring substituents is 1. The van der Waals surface area contributed by atoms with E-state index in [0.717, 1.165) is 6.42 Å². The fourth-order valence-corrected chi connectivity index (χ4v) is 3.44. The molecule has 10 heteroatoms. The van der Waals surface area contributed by atoms with Gasteiger partial charge in [0.15, 0.2) is 11.5 Å². The van der Waals surface area contributed by atoms with Crippen molar-refractivity contribution in [1.82, 2.24) is 9.78 Å². The largest absolute Gasteiger partial charge is 0.493 e. The van der Waals surface area contributed by atoms with E-state index in [9.17, 15) is 14.9 Å². The van der Waals surface area contributed by atoms with Crippen molar-refractivity contribution < 1.29 is 19.2 Å². The number of halogens is 1. The van der Waals surface area contributed by atoms with Gasteiger partial charge in [-0.15, -0.1) is 0 Å². The van der Waals surface area contributed by atoms with Gasteiger partial charge < -0.3 is 14.8 Å². The molecule has 1 amide bonds. The van der Waals surface area contributed by atoms with E-state index in [1.54, 1.807) is 37.3 Å². The second kappa shape index (κ2) is 9.61. The molecule has 3 aromatic rings. The molecule has 0 aliphatic rings. The zero-order chi connectivity index (χ0) is 22.5. The fourth-order valence-electron chi connectivity index (χ4n) is 2.88. The van der Waals surface area contributed by atoms with Gasteiger partial charge in [0.1, 0.15) is 5.82 Å². The predicted octanol–water partition coefficient (Wildman–Crippen LogP) is 4.90. The minimum atomic E-state index is -0.472. The summed E-state index contributed by atoms with van der Waals surface area (Å²) < 4.78 is 13.2. The first-order valence-corrected chi connectivity index (χ1v) is 10.3. The number of carbonyl (C=O) groups is 1. The Labute approximate surface area is 187 Å². The summed E-state index contributed by atoms with van der Waals surface area (Å²) >= 11 is 3.44. The molecule has 0 saturated carbocycles. The number of ether oxygens (including phenoxy) is 2. The average Bonchev–Trinajstić information content (AvgIpc) is 3.12. The first-order chi connectivity index (χ1) is 14.8. The number of hydrogen-bond acceptors (Lipinski definition) is 6. The molecular formula is C21H21BrN4O5. The van der Waals surface area contributed by atoms with E-state index in [0.29, 0.717) is 45.3 Å². The van der Waals surface area contributed by atoms with E-state index in [1.807, 2.05) is 6.92 Å². The zero-order valence-corrected chi connectivity index (χ0v) is 18.8. The average molecular weight is 489 g/mol. The van der Waals surface area contributed by atoms with Gasteiger partial charge in [0.2, 0.25) is 0 Å². The lowest BCUT2D eigenvalue weighted by Crippen LogP contribution is -2.15. The summed E-state index contributed by atoms with van der Waals surface area (Å²) in [5.41, 5.74) is 1.59. The summed E-state index contributed by atoms with van der Waals surface area (Å²) in [7, 11) is 1.51. The Morgan fingerprint density at radius 1 is 1.26 bits per heavy atom. The normalized spacial score (nSPS) is 10.6. The van der Waals surface area contributed by atoms with Crippen molar-refractivity contribution >= 4 is 33.3 Å². The quantitative estimate of drug-likeness (QED) is 0.356. The SMILES string of the molecule is CCCOc1c(Br)cc(C(=O)Nc2cc(C)nn2-c2ccc([N+](=O)[O-])cc2)cc1OC. The molecule has 0 saturated heterocycles. The van der Waals surface area contributed by atoms with Crippen LogP contribution in [0.3, 0.4) is 0 Å². The summed E-state index contributed by atoms with van der Waals surface area (Å²) in [5, 5.41) is 18.1. The lowest BCUT2D eigenvalue weighted by molar-refractivity contribution is -0.384. The maximum Gasteiger partial charge on any atom is 0.269 e. The molecule has 0 radical (unpaired) electrons. The topological polar surface area (TPSA) is 109 Å². The van der Waals surface area contributed by atoms with Crippen molar-refractivity contribution in [3.63, 3.8) is 0 Å². The van der Waals surface area contributed by atoms with Gasteiger partial charge >= 0.3 is 0 Å². The van der Waals surface area contributed by atoms with Gasteiger partial charge in [0, 0.05) is 23.8 Å². The van der Waals surface area contributed by atoms with Crippen LogP contribution in [-0.4, -0.2) is 34.3 Å². The van der Waals surface area contributed by atoms with E-state index in [4.69, 9.17) is 9.47 Å². The number of nitro benzene ring substituents is 1. The standard InChI is InChI=1S/C21H21BrN4O5/c1-4-9-31-20-17(22)11-14(12-18(20)30-3)21(27)23-19-10-13(2)24-25(19)15-5-7-16(8-6-15)26(28)29/h5-8,10-12H,4,9H2,1-3H3,(H,23,27). The van der Waals surface area contributed by atoms with Crippen molar-refractivity contribution in [3.8, 4) is 17.2 Å². The number of nitrogens with zero attached hydrogens (tertiary/aromatic N) is 3. The molecule has 0 fully saturated rings. The van der Waals surface area contributed by atoms with Crippen molar-refractivity contribution in [2.45, 2.75) is 20.3 Å². The van der Waals surface area contributed by atoms with Gasteiger partial charge in [-0.25, -0.2) is 4.68 Å². The molecule has 1 aromatic heterocycles. The Bertz CT molecular complexity index is 1110. The van der Waals surface area contributed by atoms with E-state index in [1.165, 1.54) is 23.9 Å². The Morgan fingerprint density at radius 2 is 1.97 bits per heavy atom. The van der Waals surface area contributed by atoms with Crippen molar-refractivity contribution in [3.05, 3.63) is 68.3 Å². The highest BCUT2D eigenvalue weighted by Crippen LogP contribution is 2.37. The molecule has 3 rings (SSSR count). The lowest BCUT2D eigenvalue weighted by Gasteiger charge is -2.14. The van der Waals surface area contributed by atoms with E-state index in [2.05, 4.69) is 26.3 Å². The number of methoxy groups -OCH3 is 1. The summed E-state index contributed by atoms with van der Waals surface area (Å²) in [6, 6.07) is 10.9. The number of anilines is 1. The monoisotopic (exact) mass is 488 g/mol. The van der Waals surface area contributed by atoms with Gasteiger partial charge in [-0.1, -0.05) is 6.92 Å². The second-order valence-corrected chi connectivity index (χ2v) is 7.50. The Morgan fingerprint density at radius 3 is 2.58 bits per heavy atom. The Hall–Kier alpha value is -3.40. The summed E-state index contributed by atoms with van der Waals surface area (Å²) in [5.74, 6) is 1.03. The van der Waals surface area contributed by atoms with Crippen molar-refractivity contribution in [1.29, 1.82) is 0 Å². The molecule has 9 nitrogen and oxygen atoms in total. The minimum absolute atomic E-state index is 0.0273. The van der Waals surface area contributed by atoms with Gasteiger partial charge in [-0.05, 0) is 53.5 Å². The number of nitrogens with one attached hydrogen (secondary N) is 1. The van der Waals surface area contributed by atoms with Gasteiger partial charge in [-0.3, -0.25) is 14.9 Å². The maximum absolute atomic E-state index is 12.9. The van der Waals surface area contributed by atoms with Crippen LogP contribution in [0.25, 0.3) is 5.69 Å². The highest BCUT2D eigenvalue weighted by Gasteiger charge is 2.18. The first kappa shape index (κ1) is 22.3. The molecule has 1 N–H and O–H groups in total. The fraction of sp³-hybridized carbons (Fsp3) is 0.238. The molecule has 0 aliphatic carbocycles. The molecule has 0 unspecified atom stereocenters. The van der Waals surface area contributed by atoms with Gasteiger partial charge in [-0.2, -0.15) is 5.10 Å². The van der Waals surface area contributed by atoms with Crippen LogP contribution in [0.2, 0.25) is 0 Å². The van der Waals surface area contributed by atoms with E-state index in [-0.39, 0.29) is 11.6 Å². The van der Waals surface area contributed by atoms with Crippen LogP contribution in [0.1, 0.15) is 29.4 Å². The molecule has 31 heavy (non-hydrogen) atoms. The molecule has 2 aromatic carbocycles. The van der Waals surface area contributed by atoms with Crippen molar-refractivity contribution in [2.75, 3.05) is 19.0 Å². The molecule has 0 atom stereocenters. The third-order valence-electron chi connectivity index (χ3n) is 4.32. The van der Waals surface area contributed by atoms with Gasteiger partial charge in [0.05, 0.1) is 34.5 Å². The van der Waals surface area contributed by atoms with Crippen LogP contribution >= 0.6 is 15.9 Å². The van der Waals surface area contributed by atoms with Crippen LogP contribution in [-0.2, 0) is 0 Å². The summed E-state index contributed by atoms with van der Waals surface area (Å²) in [4.78, 5) is 23.4. The molecule has 0 bridgehead atoms. The summed E-state index contributed by atoms with van der Waals surface area (Å²) in [6.45, 7) is 4.31. The zero-order valence-electron chi connectivity index (χ0n) is 17.2. The number of amides is 1. The van der Waals surface area contributed by atoms with Crippen molar-refractivity contribution in [2.24, 2.45) is 0 Å². The van der Waals surface area contributed by atoms with Crippen LogP contribution in [0.15, 0.2) is 46.9 Å².